The van der Waals surface area contributed by atoms with Crippen LogP contribution in [0.25, 0.3) is 11.5 Å². The van der Waals surface area contributed by atoms with Gasteiger partial charge in [0.25, 0.3) is 0 Å². The van der Waals surface area contributed by atoms with Crippen LogP contribution in [0.1, 0.15) is 24.3 Å². The van der Waals surface area contributed by atoms with Crippen molar-refractivity contribution in [3.05, 3.63) is 58.9 Å². The lowest BCUT2D eigenvalue weighted by Crippen LogP contribution is -2.35. The van der Waals surface area contributed by atoms with Gasteiger partial charge in [0, 0.05) is 23.8 Å². The highest BCUT2D eigenvalue weighted by molar-refractivity contribution is 6.30. The zero-order valence-corrected chi connectivity index (χ0v) is 15.9. The first-order chi connectivity index (χ1) is 13.7. The van der Waals surface area contributed by atoms with Gasteiger partial charge in [-0.3, -0.25) is 0 Å². The summed E-state index contributed by atoms with van der Waals surface area (Å²) in [5.41, 5.74) is 1.47. The van der Waals surface area contributed by atoms with E-state index >= 15 is 0 Å². The molecule has 0 atom stereocenters. The lowest BCUT2D eigenvalue weighted by molar-refractivity contribution is 0.0546. The van der Waals surface area contributed by atoms with E-state index in [0.29, 0.717) is 49.0 Å². The average molecular weight is 399 g/mol. The number of hydrogen-bond acceptors (Lipinski definition) is 6. The molecule has 7 heteroatoms. The van der Waals surface area contributed by atoms with Gasteiger partial charge >= 0.3 is 0 Å². The van der Waals surface area contributed by atoms with E-state index in [1.165, 1.54) is 0 Å². The van der Waals surface area contributed by atoms with Crippen LogP contribution in [0.2, 0.25) is 5.02 Å². The van der Waals surface area contributed by atoms with Crippen molar-refractivity contribution in [2.45, 2.75) is 18.3 Å². The van der Waals surface area contributed by atoms with E-state index in [0.717, 1.165) is 29.7 Å². The molecule has 1 saturated heterocycles. The van der Waals surface area contributed by atoms with Crippen molar-refractivity contribution in [3.63, 3.8) is 0 Å². The van der Waals surface area contributed by atoms with Gasteiger partial charge in [-0.2, -0.15) is 0 Å². The summed E-state index contributed by atoms with van der Waals surface area (Å²) in [7, 11) is 0. The van der Waals surface area contributed by atoms with Crippen molar-refractivity contribution in [2.75, 3.05) is 26.4 Å². The first-order valence-electron chi connectivity index (χ1n) is 9.32. The van der Waals surface area contributed by atoms with Crippen molar-refractivity contribution in [1.29, 1.82) is 0 Å². The van der Waals surface area contributed by atoms with Crippen LogP contribution in [0.4, 0.5) is 0 Å². The van der Waals surface area contributed by atoms with Gasteiger partial charge in [0.1, 0.15) is 13.2 Å². The van der Waals surface area contributed by atoms with E-state index in [2.05, 4.69) is 16.3 Å². The number of halogens is 1. The maximum Gasteiger partial charge on any atom is 0.247 e. The molecule has 28 heavy (non-hydrogen) atoms. The number of ether oxygens (including phenoxy) is 3. The predicted octanol–water partition coefficient (Wildman–Crippen LogP) is 4.26. The van der Waals surface area contributed by atoms with E-state index in [9.17, 15) is 0 Å². The highest BCUT2D eigenvalue weighted by atomic mass is 35.5. The lowest BCUT2D eigenvalue weighted by atomic mass is 9.74. The molecule has 2 aliphatic rings. The molecule has 2 aliphatic heterocycles. The van der Waals surface area contributed by atoms with Crippen LogP contribution in [0.15, 0.2) is 46.9 Å². The molecule has 0 unspecified atom stereocenters. The fourth-order valence-electron chi connectivity index (χ4n) is 3.84. The molecule has 0 amide bonds. The molecule has 144 valence electrons. The highest BCUT2D eigenvalue weighted by Gasteiger charge is 2.41. The summed E-state index contributed by atoms with van der Waals surface area (Å²) in [5.74, 6) is 2.47. The van der Waals surface area contributed by atoms with E-state index in [4.69, 9.17) is 30.2 Å². The Morgan fingerprint density at radius 3 is 2.50 bits per heavy atom. The lowest BCUT2D eigenvalue weighted by Gasteiger charge is -2.34. The molecule has 0 radical (unpaired) electrons. The molecular weight excluding hydrogens is 380 g/mol. The molecule has 3 aromatic rings. The Kier molecular flexibility index (Phi) is 4.45. The van der Waals surface area contributed by atoms with Crippen LogP contribution in [0.3, 0.4) is 0 Å². The van der Waals surface area contributed by atoms with Crippen molar-refractivity contribution in [1.82, 2.24) is 10.2 Å². The third kappa shape index (κ3) is 3.02. The van der Waals surface area contributed by atoms with Gasteiger partial charge in [-0.1, -0.05) is 23.7 Å². The van der Waals surface area contributed by atoms with Crippen molar-refractivity contribution in [2.24, 2.45) is 0 Å². The van der Waals surface area contributed by atoms with Gasteiger partial charge in [-0.25, -0.2) is 0 Å². The molecular formula is C21H19ClN2O4. The molecule has 0 bridgehead atoms. The summed E-state index contributed by atoms with van der Waals surface area (Å²) in [6.07, 6.45) is 1.52. The smallest absolute Gasteiger partial charge is 0.247 e. The standard InChI is InChI=1S/C21H19ClN2O4/c22-16-3-1-2-15(13-16)21(6-8-25-9-7-21)20-24-23-19(28-20)14-4-5-17-18(12-14)27-11-10-26-17/h1-5,12-13H,6-11H2. The highest BCUT2D eigenvalue weighted by Crippen LogP contribution is 2.42. The fraction of sp³-hybridized carbons (Fsp3) is 0.333. The first kappa shape index (κ1) is 17.5. The Morgan fingerprint density at radius 1 is 0.857 bits per heavy atom. The summed E-state index contributed by atoms with van der Waals surface area (Å²) >= 11 is 6.26. The second-order valence-corrected chi connectivity index (χ2v) is 7.41. The fourth-order valence-corrected chi connectivity index (χ4v) is 4.03. The SMILES string of the molecule is Clc1cccc(C2(c3nnc(-c4ccc5c(c4)OCCO5)o3)CCOCC2)c1. The van der Waals surface area contributed by atoms with Crippen LogP contribution in [0, 0.1) is 0 Å². The first-order valence-corrected chi connectivity index (χ1v) is 9.70. The van der Waals surface area contributed by atoms with Crippen LogP contribution in [-0.4, -0.2) is 36.6 Å². The van der Waals surface area contributed by atoms with Crippen molar-refractivity contribution >= 4 is 11.6 Å². The minimum absolute atomic E-state index is 0.401. The molecule has 1 fully saturated rings. The van der Waals surface area contributed by atoms with Crippen LogP contribution < -0.4 is 9.47 Å². The number of hydrogen-bond donors (Lipinski definition) is 0. The Morgan fingerprint density at radius 2 is 1.68 bits per heavy atom. The Bertz CT molecular complexity index is 998. The van der Waals surface area contributed by atoms with Gasteiger partial charge in [0.05, 0.1) is 5.41 Å². The maximum absolute atomic E-state index is 6.26. The number of rotatable bonds is 3. The maximum atomic E-state index is 6.26. The van der Waals surface area contributed by atoms with Crippen molar-refractivity contribution in [3.8, 4) is 23.0 Å². The summed E-state index contributed by atoms with van der Waals surface area (Å²) in [6, 6.07) is 13.5. The topological polar surface area (TPSA) is 66.6 Å². The van der Waals surface area contributed by atoms with Crippen LogP contribution >= 0.6 is 11.6 Å². The molecule has 0 aliphatic carbocycles. The number of nitrogens with zero attached hydrogens (tertiary/aromatic N) is 2. The molecule has 0 spiro atoms. The second-order valence-electron chi connectivity index (χ2n) is 6.98. The molecule has 1 aromatic heterocycles. The number of fused-ring (bicyclic) bond motifs is 1. The van der Waals surface area contributed by atoms with Crippen LogP contribution in [0.5, 0.6) is 11.5 Å². The summed E-state index contributed by atoms with van der Waals surface area (Å²) in [6.45, 7) is 2.35. The Hall–Kier alpha value is -2.57. The Balaban J connectivity index is 1.54. The summed E-state index contributed by atoms with van der Waals surface area (Å²) < 4.78 is 23.0. The predicted molar refractivity (Wildman–Crippen MR) is 103 cm³/mol. The zero-order valence-electron chi connectivity index (χ0n) is 15.2. The van der Waals surface area contributed by atoms with Gasteiger partial charge in [-0.05, 0) is 48.7 Å². The molecule has 2 aromatic carbocycles. The number of benzene rings is 2. The second kappa shape index (κ2) is 7.11. The summed E-state index contributed by atoms with van der Waals surface area (Å²) in [5, 5.41) is 9.43. The van der Waals surface area contributed by atoms with Gasteiger partial charge < -0.3 is 18.6 Å². The molecule has 6 nitrogen and oxygen atoms in total. The number of aromatic nitrogens is 2. The van der Waals surface area contributed by atoms with E-state index in [1.54, 1.807) is 0 Å². The Labute approximate surface area is 167 Å². The molecule has 3 heterocycles. The van der Waals surface area contributed by atoms with Gasteiger partial charge in [0.15, 0.2) is 11.5 Å². The monoisotopic (exact) mass is 398 g/mol. The van der Waals surface area contributed by atoms with E-state index in [-0.39, 0.29) is 0 Å². The molecule has 5 rings (SSSR count). The zero-order chi connectivity index (χ0) is 19.0. The van der Waals surface area contributed by atoms with E-state index < -0.39 is 5.41 Å². The minimum Gasteiger partial charge on any atom is -0.486 e. The molecule has 0 saturated carbocycles. The van der Waals surface area contributed by atoms with Crippen LogP contribution in [-0.2, 0) is 10.2 Å². The normalized spacial score (nSPS) is 18.0. The van der Waals surface area contributed by atoms with E-state index in [1.807, 2.05) is 36.4 Å². The largest absolute Gasteiger partial charge is 0.486 e. The third-order valence-corrected chi connectivity index (χ3v) is 5.58. The third-order valence-electron chi connectivity index (χ3n) is 5.35. The molecule has 0 N–H and O–H groups in total. The summed E-state index contributed by atoms with van der Waals surface area (Å²) in [4.78, 5) is 0. The van der Waals surface area contributed by atoms with Gasteiger partial charge in [0.2, 0.25) is 11.8 Å². The van der Waals surface area contributed by atoms with Crippen molar-refractivity contribution < 1.29 is 18.6 Å². The van der Waals surface area contributed by atoms with Gasteiger partial charge in [-0.15, -0.1) is 10.2 Å². The average Bonchev–Trinajstić information content (AvgIpc) is 3.25. The quantitative estimate of drug-likeness (QED) is 0.656. The minimum atomic E-state index is -0.401.